The molecular weight excluding hydrogens is 176 g/mol. The van der Waals surface area contributed by atoms with Crippen molar-refractivity contribution in [1.82, 2.24) is 9.97 Å². The number of hydrogen-bond acceptors (Lipinski definition) is 2. The number of fused-ring (bicyclic) bond motifs is 1. The fraction of sp³-hybridized carbons (Fsp3) is 0.273. The van der Waals surface area contributed by atoms with Gasteiger partial charge < -0.3 is 4.98 Å². The van der Waals surface area contributed by atoms with Crippen molar-refractivity contribution in [2.45, 2.75) is 19.8 Å². The van der Waals surface area contributed by atoms with Crippen molar-refractivity contribution in [3.63, 3.8) is 0 Å². The highest BCUT2D eigenvalue weighted by Crippen LogP contribution is 2.14. The van der Waals surface area contributed by atoms with Crippen molar-refractivity contribution in [2.75, 3.05) is 0 Å². The van der Waals surface area contributed by atoms with Gasteiger partial charge >= 0.3 is 0 Å². The molecule has 3 heteroatoms. The van der Waals surface area contributed by atoms with E-state index in [1.54, 1.807) is 6.20 Å². The van der Waals surface area contributed by atoms with E-state index in [0.29, 0.717) is 11.4 Å². The first-order valence-corrected chi connectivity index (χ1v) is 4.67. The van der Waals surface area contributed by atoms with Crippen LogP contribution < -0.4 is 5.56 Å². The van der Waals surface area contributed by atoms with Gasteiger partial charge in [0.2, 0.25) is 0 Å². The molecule has 2 aromatic rings. The lowest BCUT2D eigenvalue weighted by atomic mass is 10.1. The summed E-state index contributed by atoms with van der Waals surface area (Å²) in [4.78, 5) is 18.4. The molecule has 2 heterocycles. The van der Waals surface area contributed by atoms with Gasteiger partial charge in [-0.15, -0.1) is 0 Å². The summed E-state index contributed by atoms with van der Waals surface area (Å²) in [5, 5.41) is 0.887. The summed E-state index contributed by atoms with van der Waals surface area (Å²) in [6.07, 6.45) is 1.64. The van der Waals surface area contributed by atoms with Gasteiger partial charge in [-0.1, -0.05) is 19.9 Å². The van der Waals surface area contributed by atoms with E-state index in [-0.39, 0.29) is 5.56 Å². The molecule has 1 N–H and O–H groups in total. The van der Waals surface area contributed by atoms with Crippen LogP contribution >= 0.6 is 0 Å². The van der Waals surface area contributed by atoms with Gasteiger partial charge in [-0.05, 0) is 18.1 Å². The number of aromatic amines is 1. The number of rotatable bonds is 1. The number of pyridine rings is 2. The van der Waals surface area contributed by atoms with Crippen molar-refractivity contribution >= 4 is 10.9 Å². The number of nitrogens with zero attached hydrogens (tertiary/aromatic N) is 1. The molecule has 0 aliphatic carbocycles. The summed E-state index contributed by atoms with van der Waals surface area (Å²) < 4.78 is 0. The Bertz CT molecular complexity index is 514. The van der Waals surface area contributed by atoms with E-state index < -0.39 is 0 Å². The molecule has 72 valence electrons. The molecule has 0 spiro atoms. The third kappa shape index (κ3) is 1.41. The normalized spacial score (nSPS) is 11.1. The van der Waals surface area contributed by atoms with Crippen LogP contribution in [0.2, 0.25) is 0 Å². The molecule has 0 amide bonds. The highest BCUT2D eigenvalue weighted by Gasteiger charge is 2.04. The third-order valence-corrected chi connectivity index (χ3v) is 2.23. The molecule has 3 nitrogen and oxygen atoms in total. The monoisotopic (exact) mass is 188 g/mol. The SMILES string of the molecule is CC(C)c1ccc2cc[nH]c(=O)c2n1. The number of aromatic nitrogens is 2. The summed E-state index contributed by atoms with van der Waals surface area (Å²) >= 11 is 0. The molecule has 2 rings (SSSR count). The Kier molecular flexibility index (Phi) is 2.08. The van der Waals surface area contributed by atoms with E-state index in [0.717, 1.165) is 11.1 Å². The predicted octanol–water partition coefficient (Wildman–Crippen LogP) is 2.05. The van der Waals surface area contributed by atoms with Crippen molar-refractivity contribution < 1.29 is 0 Å². The molecule has 0 bridgehead atoms. The zero-order chi connectivity index (χ0) is 10.1. The Morgan fingerprint density at radius 1 is 1.29 bits per heavy atom. The minimum absolute atomic E-state index is 0.120. The summed E-state index contributed by atoms with van der Waals surface area (Å²) in [5.41, 5.74) is 1.36. The van der Waals surface area contributed by atoms with Gasteiger partial charge in [-0.25, -0.2) is 4.98 Å². The maximum absolute atomic E-state index is 11.4. The van der Waals surface area contributed by atoms with E-state index in [4.69, 9.17) is 0 Å². The smallest absolute Gasteiger partial charge is 0.274 e. The molecule has 0 unspecified atom stereocenters. The second-order valence-electron chi connectivity index (χ2n) is 3.64. The van der Waals surface area contributed by atoms with Gasteiger partial charge in [-0.3, -0.25) is 4.79 Å². The van der Waals surface area contributed by atoms with Gasteiger partial charge in [0.25, 0.3) is 5.56 Å². The Balaban J connectivity index is 2.76. The van der Waals surface area contributed by atoms with Crippen molar-refractivity contribution in [1.29, 1.82) is 0 Å². The fourth-order valence-corrected chi connectivity index (χ4v) is 1.40. The lowest BCUT2D eigenvalue weighted by molar-refractivity contribution is 0.829. The van der Waals surface area contributed by atoms with Gasteiger partial charge in [0.15, 0.2) is 0 Å². The van der Waals surface area contributed by atoms with Gasteiger partial charge in [0.1, 0.15) is 5.52 Å². The molecule has 0 aliphatic heterocycles. The summed E-state index contributed by atoms with van der Waals surface area (Å²) in [5.74, 6) is 0.346. The highest BCUT2D eigenvalue weighted by atomic mass is 16.1. The van der Waals surface area contributed by atoms with Crippen LogP contribution in [0.5, 0.6) is 0 Å². The van der Waals surface area contributed by atoms with Crippen molar-refractivity contribution in [3.8, 4) is 0 Å². The first kappa shape index (κ1) is 8.94. The molecule has 0 atom stereocenters. The highest BCUT2D eigenvalue weighted by molar-refractivity contribution is 5.77. The fourth-order valence-electron chi connectivity index (χ4n) is 1.40. The predicted molar refractivity (Wildman–Crippen MR) is 56.5 cm³/mol. The summed E-state index contributed by atoms with van der Waals surface area (Å²) in [6.45, 7) is 4.12. The Morgan fingerprint density at radius 3 is 2.79 bits per heavy atom. The summed E-state index contributed by atoms with van der Waals surface area (Å²) in [6, 6.07) is 5.76. The topological polar surface area (TPSA) is 45.8 Å². The van der Waals surface area contributed by atoms with Gasteiger partial charge in [0.05, 0.1) is 0 Å². The third-order valence-electron chi connectivity index (χ3n) is 2.23. The second-order valence-corrected chi connectivity index (χ2v) is 3.64. The van der Waals surface area contributed by atoms with E-state index in [1.807, 2.05) is 18.2 Å². The first-order valence-electron chi connectivity index (χ1n) is 4.67. The second kappa shape index (κ2) is 3.25. The van der Waals surface area contributed by atoms with Crippen LogP contribution in [0.1, 0.15) is 25.5 Å². The van der Waals surface area contributed by atoms with E-state index in [1.165, 1.54) is 0 Å². The first-order chi connectivity index (χ1) is 6.68. The molecular formula is C11H12N2O. The molecule has 2 aromatic heterocycles. The van der Waals surface area contributed by atoms with E-state index >= 15 is 0 Å². The number of H-pyrrole nitrogens is 1. The van der Waals surface area contributed by atoms with Crippen LogP contribution in [-0.4, -0.2) is 9.97 Å². The zero-order valence-electron chi connectivity index (χ0n) is 8.24. The van der Waals surface area contributed by atoms with Crippen LogP contribution in [0.4, 0.5) is 0 Å². The molecule has 0 saturated carbocycles. The van der Waals surface area contributed by atoms with Crippen LogP contribution in [-0.2, 0) is 0 Å². The maximum Gasteiger partial charge on any atom is 0.274 e. The van der Waals surface area contributed by atoms with Crippen LogP contribution in [0.3, 0.4) is 0 Å². The van der Waals surface area contributed by atoms with Crippen LogP contribution in [0.15, 0.2) is 29.2 Å². The standard InChI is InChI=1S/C11H12N2O/c1-7(2)9-4-3-8-5-6-12-11(14)10(8)13-9/h3-7H,1-2H3,(H,12,14). The number of hydrogen-bond donors (Lipinski definition) is 1. The van der Waals surface area contributed by atoms with E-state index in [2.05, 4.69) is 23.8 Å². The summed E-state index contributed by atoms with van der Waals surface area (Å²) in [7, 11) is 0. The van der Waals surface area contributed by atoms with Crippen LogP contribution in [0.25, 0.3) is 10.9 Å². The quantitative estimate of drug-likeness (QED) is 0.744. The Hall–Kier alpha value is -1.64. The molecule has 0 saturated heterocycles. The van der Waals surface area contributed by atoms with Gasteiger partial charge in [-0.2, -0.15) is 0 Å². The zero-order valence-corrected chi connectivity index (χ0v) is 8.24. The van der Waals surface area contributed by atoms with Crippen molar-refractivity contribution in [3.05, 3.63) is 40.4 Å². The molecule has 0 aromatic carbocycles. The number of nitrogens with one attached hydrogen (secondary N) is 1. The van der Waals surface area contributed by atoms with Crippen LogP contribution in [0, 0.1) is 0 Å². The Morgan fingerprint density at radius 2 is 2.07 bits per heavy atom. The maximum atomic E-state index is 11.4. The lowest BCUT2D eigenvalue weighted by Crippen LogP contribution is -2.07. The molecule has 14 heavy (non-hydrogen) atoms. The largest absolute Gasteiger partial charge is 0.327 e. The minimum Gasteiger partial charge on any atom is -0.327 e. The molecule has 0 radical (unpaired) electrons. The van der Waals surface area contributed by atoms with Crippen molar-refractivity contribution in [2.24, 2.45) is 0 Å². The lowest BCUT2D eigenvalue weighted by Gasteiger charge is -2.04. The van der Waals surface area contributed by atoms with E-state index in [9.17, 15) is 4.79 Å². The average molecular weight is 188 g/mol. The minimum atomic E-state index is -0.120. The van der Waals surface area contributed by atoms with Gasteiger partial charge in [0, 0.05) is 17.3 Å². The average Bonchev–Trinajstić information content (AvgIpc) is 2.18. The Labute approximate surface area is 81.8 Å². The molecule has 0 fully saturated rings. The molecule has 0 aliphatic rings.